The van der Waals surface area contributed by atoms with Crippen molar-refractivity contribution in [3.63, 3.8) is 0 Å². The molecule has 130 valence electrons. The van der Waals surface area contributed by atoms with Crippen LogP contribution < -0.4 is 0 Å². The summed E-state index contributed by atoms with van der Waals surface area (Å²) in [5.41, 5.74) is 1.50. The topological polar surface area (TPSA) is 79.7 Å². The number of hydrogen-bond donors (Lipinski definition) is 1. The molecule has 1 saturated heterocycles. The van der Waals surface area contributed by atoms with Gasteiger partial charge in [-0.1, -0.05) is 0 Å². The maximum absolute atomic E-state index is 13.3. The maximum atomic E-state index is 13.3. The van der Waals surface area contributed by atoms with E-state index in [0.717, 1.165) is 29.7 Å². The summed E-state index contributed by atoms with van der Waals surface area (Å²) >= 11 is 0. The summed E-state index contributed by atoms with van der Waals surface area (Å²) in [4.78, 5) is 25.9. The Morgan fingerprint density at radius 2 is 2.16 bits per heavy atom. The number of aromatic nitrogens is 5. The first-order valence-electron chi connectivity index (χ1n) is 8.44. The number of nitrogens with zero attached hydrogens (tertiary/aromatic N) is 5. The molecule has 1 fully saturated rings. The van der Waals surface area contributed by atoms with Crippen LogP contribution in [0.3, 0.4) is 0 Å². The Labute approximate surface area is 143 Å². The van der Waals surface area contributed by atoms with Gasteiger partial charge in [-0.05, 0) is 31.0 Å². The first kappa shape index (κ1) is 15.7. The highest BCUT2D eigenvalue weighted by molar-refractivity contribution is 5.76. The maximum Gasteiger partial charge on any atom is 0.224 e. The minimum Gasteiger partial charge on any atom is -0.343 e. The van der Waals surface area contributed by atoms with Gasteiger partial charge in [0.1, 0.15) is 24.3 Å². The van der Waals surface area contributed by atoms with Crippen molar-refractivity contribution in [2.24, 2.45) is 0 Å². The molecule has 25 heavy (non-hydrogen) atoms. The molecule has 0 spiro atoms. The van der Waals surface area contributed by atoms with Crippen LogP contribution in [-0.4, -0.2) is 48.6 Å². The van der Waals surface area contributed by atoms with Crippen LogP contribution in [0.2, 0.25) is 0 Å². The van der Waals surface area contributed by atoms with Crippen LogP contribution in [0.1, 0.15) is 31.0 Å². The van der Waals surface area contributed by atoms with Crippen molar-refractivity contribution < 1.29 is 9.18 Å². The smallest absolute Gasteiger partial charge is 0.224 e. The van der Waals surface area contributed by atoms with E-state index in [0.29, 0.717) is 26.1 Å². The molecule has 8 heteroatoms. The lowest BCUT2D eigenvalue weighted by Crippen LogP contribution is -2.38. The van der Waals surface area contributed by atoms with Gasteiger partial charge in [-0.2, -0.15) is 5.10 Å². The Bertz CT molecular complexity index is 867. The molecule has 0 unspecified atom stereocenters. The number of aryl methyl sites for hydroxylation is 1. The van der Waals surface area contributed by atoms with E-state index in [1.54, 1.807) is 17.1 Å². The number of aromatic amines is 1. The number of halogens is 1. The molecule has 2 aromatic heterocycles. The van der Waals surface area contributed by atoms with Crippen LogP contribution in [0.15, 0.2) is 30.9 Å². The van der Waals surface area contributed by atoms with Crippen molar-refractivity contribution in [2.45, 2.75) is 31.7 Å². The SMILES string of the molecule is O=C(CCn1cncn1)N1CCC(c2nc3ccc(F)cc3[nH]2)CC1. The fourth-order valence-electron chi connectivity index (χ4n) is 3.31. The number of piperidine rings is 1. The first-order chi connectivity index (χ1) is 12.2. The van der Waals surface area contributed by atoms with Crippen molar-refractivity contribution >= 4 is 16.9 Å². The summed E-state index contributed by atoms with van der Waals surface area (Å²) in [6, 6.07) is 4.57. The molecule has 1 aromatic carbocycles. The Morgan fingerprint density at radius 1 is 1.32 bits per heavy atom. The zero-order chi connectivity index (χ0) is 17.2. The van der Waals surface area contributed by atoms with E-state index in [1.807, 2.05) is 4.90 Å². The molecule has 7 nitrogen and oxygen atoms in total. The van der Waals surface area contributed by atoms with Gasteiger partial charge in [-0.25, -0.2) is 14.4 Å². The van der Waals surface area contributed by atoms with E-state index in [2.05, 4.69) is 20.1 Å². The third kappa shape index (κ3) is 3.38. The Kier molecular flexibility index (Phi) is 4.17. The first-order valence-corrected chi connectivity index (χ1v) is 8.44. The summed E-state index contributed by atoms with van der Waals surface area (Å²) < 4.78 is 15.0. The molecular formula is C17H19FN6O. The normalized spacial score (nSPS) is 15.8. The van der Waals surface area contributed by atoms with Gasteiger partial charge >= 0.3 is 0 Å². The molecule has 1 aliphatic heterocycles. The average Bonchev–Trinajstić information content (AvgIpc) is 3.29. The number of nitrogens with one attached hydrogen (secondary N) is 1. The number of rotatable bonds is 4. The minimum atomic E-state index is -0.268. The second kappa shape index (κ2) is 6.62. The molecule has 0 atom stereocenters. The molecule has 0 radical (unpaired) electrons. The van der Waals surface area contributed by atoms with E-state index in [4.69, 9.17) is 0 Å². The van der Waals surface area contributed by atoms with E-state index in [-0.39, 0.29) is 17.6 Å². The number of carbonyl (C=O) groups excluding carboxylic acids is 1. The van der Waals surface area contributed by atoms with Gasteiger partial charge in [0.25, 0.3) is 0 Å². The summed E-state index contributed by atoms with van der Waals surface area (Å²) in [7, 11) is 0. The number of carbonyl (C=O) groups is 1. The monoisotopic (exact) mass is 342 g/mol. The van der Waals surface area contributed by atoms with E-state index < -0.39 is 0 Å². The van der Waals surface area contributed by atoms with Crippen molar-refractivity contribution in [2.75, 3.05) is 13.1 Å². The number of imidazole rings is 1. The van der Waals surface area contributed by atoms with Gasteiger partial charge in [-0.3, -0.25) is 9.48 Å². The van der Waals surface area contributed by atoms with Gasteiger partial charge < -0.3 is 9.88 Å². The number of likely N-dealkylation sites (tertiary alicyclic amines) is 1. The Hall–Kier alpha value is -2.77. The van der Waals surface area contributed by atoms with Gasteiger partial charge in [-0.15, -0.1) is 0 Å². The molecule has 0 bridgehead atoms. The highest BCUT2D eigenvalue weighted by atomic mass is 19.1. The van der Waals surface area contributed by atoms with Crippen LogP contribution in [-0.2, 0) is 11.3 Å². The summed E-state index contributed by atoms with van der Waals surface area (Å²) in [5, 5.41) is 4.01. The van der Waals surface area contributed by atoms with Crippen molar-refractivity contribution in [3.8, 4) is 0 Å². The van der Waals surface area contributed by atoms with Crippen LogP contribution in [0.25, 0.3) is 11.0 Å². The highest BCUT2D eigenvalue weighted by Crippen LogP contribution is 2.28. The molecule has 0 aliphatic carbocycles. The van der Waals surface area contributed by atoms with Gasteiger partial charge in [0.05, 0.1) is 17.6 Å². The van der Waals surface area contributed by atoms with E-state index >= 15 is 0 Å². The fourth-order valence-corrected chi connectivity index (χ4v) is 3.31. The lowest BCUT2D eigenvalue weighted by atomic mass is 9.96. The van der Waals surface area contributed by atoms with E-state index in [1.165, 1.54) is 18.5 Å². The molecule has 4 rings (SSSR count). The summed E-state index contributed by atoms with van der Waals surface area (Å²) in [6.45, 7) is 1.98. The van der Waals surface area contributed by atoms with Crippen LogP contribution >= 0.6 is 0 Å². The molecule has 1 amide bonds. The van der Waals surface area contributed by atoms with Crippen LogP contribution in [0, 0.1) is 5.82 Å². The standard InChI is InChI=1S/C17H19FN6O/c18-13-1-2-14-15(9-13)22-17(21-14)12-3-6-23(7-4-12)16(25)5-8-24-11-19-10-20-24/h1-2,9-12H,3-8H2,(H,21,22). The second-order valence-electron chi connectivity index (χ2n) is 6.35. The minimum absolute atomic E-state index is 0.139. The lowest BCUT2D eigenvalue weighted by Gasteiger charge is -2.31. The number of fused-ring (bicyclic) bond motifs is 1. The number of H-pyrrole nitrogens is 1. The molecule has 1 N–H and O–H groups in total. The number of hydrogen-bond acceptors (Lipinski definition) is 4. The molecule has 0 saturated carbocycles. The molecular weight excluding hydrogens is 323 g/mol. The Morgan fingerprint density at radius 3 is 2.92 bits per heavy atom. The summed E-state index contributed by atoms with van der Waals surface area (Å²) in [5.74, 6) is 1.03. The second-order valence-corrected chi connectivity index (χ2v) is 6.35. The van der Waals surface area contributed by atoms with Gasteiger partial charge in [0, 0.05) is 25.4 Å². The molecule has 1 aliphatic rings. The fraction of sp³-hybridized carbons (Fsp3) is 0.412. The Balaban J connectivity index is 1.34. The zero-order valence-corrected chi connectivity index (χ0v) is 13.7. The third-order valence-corrected chi connectivity index (χ3v) is 4.72. The molecule has 3 heterocycles. The van der Waals surface area contributed by atoms with Crippen LogP contribution in [0.5, 0.6) is 0 Å². The zero-order valence-electron chi connectivity index (χ0n) is 13.7. The quantitative estimate of drug-likeness (QED) is 0.787. The number of amides is 1. The average molecular weight is 342 g/mol. The molecule has 3 aromatic rings. The van der Waals surface area contributed by atoms with Gasteiger partial charge in [0.15, 0.2) is 0 Å². The van der Waals surface area contributed by atoms with Gasteiger partial charge in [0.2, 0.25) is 5.91 Å². The van der Waals surface area contributed by atoms with Crippen molar-refractivity contribution in [1.29, 1.82) is 0 Å². The van der Waals surface area contributed by atoms with Crippen molar-refractivity contribution in [1.82, 2.24) is 29.6 Å². The van der Waals surface area contributed by atoms with Crippen LogP contribution in [0.4, 0.5) is 4.39 Å². The largest absolute Gasteiger partial charge is 0.343 e. The lowest BCUT2D eigenvalue weighted by molar-refractivity contribution is -0.132. The predicted octanol–water partition coefficient (Wildman–Crippen LogP) is 2.09. The predicted molar refractivity (Wildman–Crippen MR) is 89.2 cm³/mol. The van der Waals surface area contributed by atoms with E-state index in [9.17, 15) is 9.18 Å². The highest BCUT2D eigenvalue weighted by Gasteiger charge is 2.25. The summed E-state index contributed by atoms with van der Waals surface area (Å²) in [6.07, 6.45) is 5.23. The number of benzene rings is 1. The van der Waals surface area contributed by atoms with Crippen molar-refractivity contribution in [3.05, 3.63) is 42.5 Å². The third-order valence-electron chi connectivity index (χ3n) is 4.72.